The number of anilines is 1. The number of aryl methyl sites for hydroxylation is 2. The van der Waals surface area contributed by atoms with Crippen LogP contribution in [-0.2, 0) is 10.5 Å². The molecule has 0 unspecified atom stereocenters. The Morgan fingerprint density at radius 2 is 1.76 bits per heavy atom. The molecule has 1 amide bonds. The molecule has 0 saturated heterocycles. The lowest BCUT2D eigenvalue weighted by Gasteiger charge is -2.11. The minimum Gasteiger partial charge on any atom is -0.325 e. The van der Waals surface area contributed by atoms with Gasteiger partial charge in [0.25, 0.3) is 0 Å². The van der Waals surface area contributed by atoms with E-state index in [4.69, 9.17) is 0 Å². The Bertz CT molecular complexity index is 622. The molecule has 0 fully saturated rings. The Kier molecular flexibility index (Phi) is 5.39. The summed E-state index contributed by atoms with van der Waals surface area (Å²) in [4.78, 5) is 12.0. The Morgan fingerprint density at radius 3 is 2.43 bits per heavy atom. The molecule has 0 bridgehead atoms. The molecule has 0 saturated carbocycles. The highest BCUT2D eigenvalue weighted by Crippen LogP contribution is 2.20. The monoisotopic (exact) mass is 303 g/mol. The van der Waals surface area contributed by atoms with Crippen LogP contribution >= 0.6 is 11.8 Å². The van der Waals surface area contributed by atoms with E-state index in [1.807, 2.05) is 32.0 Å². The molecule has 110 valence electrons. The van der Waals surface area contributed by atoms with Crippen LogP contribution < -0.4 is 5.32 Å². The third-order valence-electron chi connectivity index (χ3n) is 3.19. The van der Waals surface area contributed by atoms with Gasteiger partial charge in [-0.1, -0.05) is 36.4 Å². The minimum atomic E-state index is -0.222. The molecular formula is C17H18FNOS. The first-order valence-electron chi connectivity index (χ1n) is 6.75. The maximum atomic E-state index is 13.5. The number of hydrogen-bond donors (Lipinski definition) is 1. The predicted molar refractivity (Wildman–Crippen MR) is 87.1 cm³/mol. The van der Waals surface area contributed by atoms with Gasteiger partial charge in [-0.3, -0.25) is 4.79 Å². The van der Waals surface area contributed by atoms with Crippen LogP contribution in [0.4, 0.5) is 10.1 Å². The van der Waals surface area contributed by atoms with Gasteiger partial charge in [0.1, 0.15) is 5.82 Å². The Morgan fingerprint density at radius 1 is 1.10 bits per heavy atom. The van der Waals surface area contributed by atoms with Crippen molar-refractivity contribution >= 4 is 23.4 Å². The van der Waals surface area contributed by atoms with E-state index < -0.39 is 0 Å². The normalized spacial score (nSPS) is 10.4. The summed E-state index contributed by atoms with van der Waals surface area (Å²) in [5, 5.41) is 2.93. The van der Waals surface area contributed by atoms with Gasteiger partial charge < -0.3 is 5.32 Å². The average molecular weight is 303 g/mol. The van der Waals surface area contributed by atoms with Crippen LogP contribution in [0.25, 0.3) is 0 Å². The Labute approximate surface area is 128 Å². The second kappa shape index (κ2) is 7.27. The van der Waals surface area contributed by atoms with Crippen molar-refractivity contribution in [1.29, 1.82) is 0 Å². The lowest BCUT2D eigenvalue weighted by molar-refractivity contribution is -0.113. The molecule has 0 aliphatic rings. The summed E-state index contributed by atoms with van der Waals surface area (Å²) in [6, 6.07) is 12.5. The number of carbonyl (C=O) groups is 1. The van der Waals surface area contributed by atoms with Crippen molar-refractivity contribution in [3.8, 4) is 0 Å². The van der Waals surface area contributed by atoms with Crippen molar-refractivity contribution in [2.75, 3.05) is 11.1 Å². The van der Waals surface area contributed by atoms with E-state index in [0.29, 0.717) is 17.1 Å². The zero-order valence-electron chi connectivity index (χ0n) is 12.2. The summed E-state index contributed by atoms with van der Waals surface area (Å²) in [7, 11) is 0. The summed E-state index contributed by atoms with van der Waals surface area (Å²) in [5.41, 5.74) is 3.58. The van der Waals surface area contributed by atoms with E-state index in [0.717, 1.165) is 16.8 Å². The molecule has 4 heteroatoms. The number of thioether (sulfide) groups is 1. The van der Waals surface area contributed by atoms with E-state index in [2.05, 4.69) is 5.32 Å². The fourth-order valence-corrected chi connectivity index (χ4v) is 2.87. The number of rotatable bonds is 5. The summed E-state index contributed by atoms with van der Waals surface area (Å²) in [6.45, 7) is 3.93. The number of nitrogens with one attached hydrogen (secondary N) is 1. The van der Waals surface area contributed by atoms with E-state index in [-0.39, 0.29) is 11.7 Å². The van der Waals surface area contributed by atoms with Crippen molar-refractivity contribution in [1.82, 2.24) is 0 Å². The third kappa shape index (κ3) is 4.33. The molecule has 2 aromatic carbocycles. The predicted octanol–water partition coefficient (Wildman–Crippen LogP) is 4.31. The molecule has 2 aromatic rings. The lowest BCUT2D eigenvalue weighted by atomic mass is 10.1. The number of hydrogen-bond acceptors (Lipinski definition) is 2. The Hall–Kier alpha value is -1.81. The van der Waals surface area contributed by atoms with Crippen molar-refractivity contribution < 1.29 is 9.18 Å². The van der Waals surface area contributed by atoms with Gasteiger partial charge in [-0.25, -0.2) is 4.39 Å². The smallest absolute Gasteiger partial charge is 0.234 e. The van der Waals surface area contributed by atoms with Crippen LogP contribution in [0.15, 0.2) is 42.5 Å². The maximum absolute atomic E-state index is 13.5. The first kappa shape index (κ1) is 15.6. The largest absolute Gasteiger partial charge is 0.325 e. The van der Waals surface area contributed by atoms with Crippen molar-refractivity contribution in [2.45, 2.75) is 19.6 Å². The molecule has 1 N–H and O–H groups in total. The van der Waals surface area contributed by atoms with Gasteiger partial charge in [-0.15, -0.1) is 11.8 Å². The van der Waals surface area contributed by atoms with Crippen LogP contribution in [0.1, 0.15) is 16.7 Å². The maximum Gasteiger partial charge on any atom is 0.234 e. The zero-order valence-corrected chi connectivity index (χ0v) is 13.0. The van der Waals surface area contributed by atoms with E-state index in [9.17, 15) is 9.18 Å². The molecule has 0 spiro atoms. The van der Waals surface area contributed by atoms with Gasteiger partial charge in [-0.2, -0.15) is 0 Å². The van der Waals surface area contributed by atoms with Crippen molar-refractivity contribution in [2.24, 2.45) is 0 Å². The van der Waals surface area contributed by atoms with Crippen LogP contribution in [0.3, 0.4) is 0 Å². The number of para-hydroxylation sites is 1. The van der Waals surface area contributed by atoms with Crippen LogP contribution in [0.2, 0.25) is 0 Å². The topological polar surface area (TPSA) is 29.1 Å². The molecule has 0 aliphatic carbocycles. The molecule has 0 radical (unpaired) electrons. The molecule has 2 nitrogen and oxygen atoms in total. The molecule has 21 heavy (non-hydrogen) atoms. The number of amides is 1. The third-order valence-corrected chi connectivity index (χ3v) is 4.18. The zero-order chi connectivity index (χ0) is 15.2. The molecular weight excluding hydrogens is 285 g/mol. The summed E-state index contributed by atoms with van der Waals surface area (Å²) in [6.07, 6.45) is 0. The quantitative estimate of drug-likeness (QED) is 0.891. The highest BCUT2D eigenvalue weighted by atomic mass is 32.2. The van der Waals surface area contributed by atoms with E-state index >= 15 is 0 Å². The SMILES string of the molecule is Cc1cccc(C)c1NC(=O)CSCc1ccccc1F. The Balaban J connectivity index is 1.87. The van der Waals surface area contributed by atoms with Crippen LogP contribution in [0, 0.1) is 19.7 Å². The van der Waals surface area contributed by atoms with Gasteiger partial charge in [0.15, 0.2) is 0 Å². The van der Waals surface area contributed by atoms with Gasteiger partial charge in [0.05, 0.1) is 5.75 Å². The second-order valence-electron chi connectivity index (χ2n) is 4.90. The summed E-state index contributed by atoms with van der Waals surface area (Å²) < 4.78 is 13.5. The van der Waals surface area contributed by atoms with Crippen molar-refractivity contribution in [3.63, 3.8) is 0 Å². The van der Waals surface area contributed by atoms with E-state index in [1.54, 1.807) is 18.2 Å². The van der Waals surface area contributed by atoms with Gasteiger partial charge >= 0.3 is 0 Å². The molecule has 0 heterocycles. The molecule has 2 rings (SSSR count). The summed E-state index contributed by atoms with van der Waals surface area (Å²) in [5.74, 6) is 0.517. The molecule has 0 atom stereocenters. The standard InChI is InChI=1S/C17H18FNOS/c1-12-6-5-7-13(2)17(12)19-16(20)11-21-10-14-8-3-4-9-15(14)18/h3-9H,10-11H2,1-2H3,(H,19,20). The average Bonchev–Trinajstić information content (AvgIpc) is 2.45. The molecule has 0 aliphatic heterocycles. The van der Waals surface area contributed by atoms with Gasteiger partial charge in [0.2, 0.25) is 5.91 Å². The first-order valence-corrected chi connectivity index (χ1v) is 7.90. The minimum absolute atomic E-state index is 0.0614. The fraction of sp³-hybridized carbons (Fsp3) is 0.235. The number of benzene rings is 2. The first-order chi connectivity index (χ1) is 10.1. The van der Waals surface area contributed by atoms with E-state index in [1.165, 1.54) is 17.8 Å². The highest BCUT2D eigenvalue weighted by Gasteiger charge is 2.08. The number of halogens is 1. The fourth-order valence-electron chi connectivity index (χ4n) is 2.06. The van der Waals surface area contributed by atoms with Crippen LogP contribution in [-0.4, -0.2) is 11.7 Å². The number of carbonyl (C=O) groups excluding carboxylic acids is 1. The van der Waals surface area contributed by atoms with Gasteiger partial charge in [0, 0.05) is 11.4 Å². The van der Waals surface area contributed by atoms with Gasteiger partial charge in [-0.05, 0) is 36.6 Å². The molecule has 0 aromatic heterocycles. The van der Waals surface area contributed by atoms with Crippen molar-refractivity contribution in [3.05, 3.63) is 65.0 Å². The lowest BCUT2D eigenvalue weighted by Crippen LogP contribution is -2.16. The van der Waals surface area contributed by atoms with Crippen LogP contribution in [0.5, 0.6) is 0 Å². The second-order valence-corrected chi connectivity index (χ2v) is 5.88. The summed E-state index contributed by atoms with van der Waals surface area (Å²) >= 11 is 1.41. The highest BCUT2D eigenvalue weighted by molar-refractivity contribution is 7.99.